The first-order valence-electron chi connectivity index (χ1n) is 5.80. The molecule has 0 aliphatic heterocycles. The summed E-state index contributed by atoms with van der Waals surface area (Å²) in [4.78, 5) is 8.31. The molecule has 0 aliphatic rings. The second-order valence-corrected chi connectivity index (χ2v) is 4.40. The molecule has 1 N–H and O–H groups in total. The fourth-order valence-electron chi connectivity index (χ4n) is 1.83. The number of H-pyrrole nitrogens is 1. The summed E-state index contributed by atoms with van der Waals surface area (Å²) in [6.45, 7) is 0.643. The van der Waals surface area contributed by atoms with Gasteiger partial charge in [0, 0.05) is 18.6 Å². The van der Waals surface area contributed by atoms with E-state index in [1.165, 1.54) is 0 Å². The normalized spacial score (nSPS) is 10.5. The predicted octanol–water partition coefficient (Wildman–Crippen LogP) is 2.45. The fraction of sp³-hybridized carbons (Fsp3) is 0.0769. The Labute approximate surface area is 115 Å². The second-order valence-electron chi connectivity index (χ2n) is 4.01. The summed E-state index contributed by atoms with van der Waals surface area (Å²) in [6.07, 6.45) is 5.27. The van der Waals surface area contributed by atoms with Crippen LogP contribution in [0.1, 0.15) is 5.56 Å². The van der Waals surface area contributed by atoms with Crippen molar-refractivity contribution in [1.29, 1.82) is 0 Å². The molecule has 0 amide bonds. The Hall–Kier alpha value is -2.34. The monoisotopic (exact) mass is 269 g/mol. The molecule has 94 valence electrons. The van der Waals surface area contributed by atoms with Crippen LogP contribution in [0.5, 0.6) is 0 Å². The zero-order valence-electron chi connectivity index (χ0n) is 10.0. The van der Waals surface area contributed by atoms with E-state index in [4.69, 9.17) is 12.2 Å². The number of nitrogens with one attached hydrogen (secondary N) is 1. The largest absolute Gasteiger partial charge is 0.294 e. The van der Waals surface area contributed by atoms with Gasteiger partial charge < -0.3 is 0 Å². The van der Waals surface area contributed by atoms with E-state index in [2.05, 4.69) is 20.2 Å². The Balaban J connectivity index is 2.03. The van der Waals surface area contributed by atoms with Crippen molar-refractivity contribution in [2.45, 2.75) is 6.54 Å². The van der Waals surface area contributed by atoms with Gasteiger partial charge in [-0.05, 0) is 42.0 Å². The number of rotatable bonds is 3. The number of hydrogen-bond donors (Lipinski definition) is 1. The third-order valence-electron chi connectivity index (χ3n) is 2.74. The van der Waals surface area contributed by atoms with Crippen LogP contribution in [0.3, 0.4) is 0 Å². The first-order valence-corrected chi connectivity index (χ1v) is 6.21. The highest BCUT2D eigenvalue weighted by molar-refractivity contribution is 7.71. The van der Waals surface area contributed by atoms with Crippen LogP contribution in [-0.2, 0) is 6.54 Å². The Kier molecular flexibility index (Phi) is 3.16. The molecule has 0 atom stereocenters. The van der Waals surface area contributed by atoms with Crippen molar-refractivity contribution in [1.82, 2.24) is 24.7 Å². The average molecular weight is 269 g/mol. The Bertz CT molecular complexity index is 718. The van der Waals surface area contributed by atoms with Crippen LogP contribution in [0.4, 0.5) is 0 Å². The summed E-state index contributed by atoms with van der Waals surface area (Å²) >= 11 is 5.27. The van der Waals surface area contributed by atoms with Crippen LogP contribution in [0.25, 0.3) is 11.5 Å². The number of pyridine rings is 2. The van der Waals surface area contributed by atoms with Gasteiger partial charge in [-0.3, -0.25) is 19.6 Å². The molecule has 3 aromatic rings. The number of aromatic amines is 1. The van der Waals surface area contributed by atoms with Crippen molar-refractivity contribution >= 4 is 12.2 Å². The smallest absolute Gasteiger partial charge is 0.195 e. The van der Waals surface area contributed by atoms with Crippen molar-refractivity contribution < 1.29 is 0 Å². The van der Waals surface area contributed by atoms with Gasteiger partial charge in [0.05, 0.1) is 6.54 Å². The maximum Gasteiger partial charge on any atom is 0.195 e. The van der Waals surface area contributed by atoms with Crippen LogP contribution in [0, 0.1) is 4.77 Å². The molecular weight excluding hydrogens is 258 g/mol. The molecule has 0 bridgehead atoms. The zero-order chi connectivity index (χ0) is 13.1. The van der Waals surface area contributed by atoms with Crippen LogP contribution in [0.2, 0.25) is 0 Å². The fourth-order valence-corrected chi connectivity index (χ4v) is 2.02. The predicted molar refractivity (Wildman–Crippen MR) is 74.0 cm³/mol. The van der Waals surface area contributed by atoms with E-state index in [-0.39, 0.29) is 0 Å². The molecule has 0 spiro atoms. The summed E-state index contributed by atoms with van der Waals surface area (Å²) in [5.41, 5.74) is 1.91. The lowest BCUT2D eigenvalue weighted by molar-refractivity contribution is 0.786. The summed E-state index contributed by atoms with van der Waals surface area (Å²) in [5, 5.41) is 7.07. The minimum Gasteiger partial charge on any atom is -0.294 e. The van der Waals surface area contributed by atoms with Crippen molar-refractivity contribution in [2.75, 3.05) is 0 Å². The summed E-state index contributed by atoms with van der Waals surface area (Å²) in [6, 6.07) is 9.62. The van der Waals surface area contributed by atoms with Crippen molar-refractivity contribution in [3.63, 3.8) is 0 Å². The van der Waals surface area contributed by atoms with Gasteiger partial charge in [-0.2, -0.15) is 5.10 Å². The van der Waals surface area contributed by atoms with Crippen molar-refractivity contribution in [2.24, 2.45) is 0 Å². The van der Waals surface area contributed by atoms with Gasteiger partial charge in [0.2, 0.25) is 0 Å². The zero-order valence-corrected chi connectivity index (χ0v) is 10.8. The van der Waals surface area contributed by atoms with Gasteiger partial charge >= 0.3 is 0 Å². The van der Waals surface area contributed by atoms with Crippen LogP contribution in [0.15, 0.2) is 48.9 Å². The van der Waals surface area contributed by atoms with Crippen LogP contribution >= 0.6 is 12.2 Å². The first kappa shape index (κ1) is 11.7. The topological polar surface area (TPSA) is 59.4 Å². The molecule has 19 heavy (non-hydrogen) atoms. The van der Waals surface area contributed by atoms with E-state index in [0.717, 1.165) is 17.1 Å². The van der Waals surface area contributed by atoms with E-state index in [1.807, 2.05) is 34.9 Å². The third-order valence-corrected chi connectivity index (χ3v) is 3.05. The standard InChI is InChI=1S/C13H11N5S/c19-13-17-16-12(11-3-1-2-6-15-11)18(13)9-10-4-7-14-8-5-10/h1-8H,9H2,(H,17,19). The van der Waals surface area contributed by atoms with Crippen molar-refractivity contribution in [3.05, 3.63) is 59.3 Å². The number of hydrogen-bond acceptors (Lipinski definition) is 4. The lowest BCUT2D eigenvalue weighted by Crippen LogP contribution is -2.03. The van der Waals surface area contributed by atoms with Gasteiger partial charge in [0.25, 0.3) is 0 Å². The minimum absolute atomic E-state index is 0.581. The first-order chi connectivity index (χ1) is 9.34. The van der Waals surface area contributed by atoms with Crippen LogP contribution < -0.4 is 0 Å². The summed E-state index contributed by atoms with van der Waals surface area (Å²) in [7, 11) is 0. The highest BCUT2D eigenvalue weighted by Crippen LogP contribution is 2.15. The molecule has 5 nitrogen and oxygen atoms in total. The molecule has 3 rings (SSSR count). The summed E-state index contributed by atoms with van der Waals surface area (Å²) in [5.74, 6) is 0.738. The highest BCUT2D eigenvalue weighted by atomic mass is 32.1. The number of aromatic nitrogens is 5. The molecule has 6 heteroatoms. The van der Waals surface area contributed by atoms with E-state index < -0.39 is 0 Å². The molecule has 0 saturated carbocycles. The Morgan fingerprint density at radius 2 is 1.95 bits per heavy atom. The maximum atomic E-state index is 5.27. The molecule has 0 fully saturated rings. The van der Waals surface area contributed by atoms with Gasteiger partial charge in [-0.25, -0.2) is 0 Å². The second kappa shape index (κ2) is 5.11. The van der Waals surface area contributed by atoms with Gasteiger partial charge in [0.1, 0.15) is 5.69 Å². The lowest BCUT2D eigenvalue weighted by Gasteiger charge is -2.06. The molecule has 3 aromatic heterocycles. The average Bonchev–Trinajstić information content (AvgIpc) is 2.82. The van der Waals surface area contributed by atoms with E-state index >= 15 is 0 Å². The van der Waals surface area contributed by atoms with Gasteiger partial charge in [0.15, 0.2) is 10.6 Å². The van der Waals surface area contributed by atoms with E-state index in [0.29, 0.717) is 11.3 Å². The summed E-state index contributed by atoms with van der Waals surface area (Å²) < 4.78 is 2.50. The van der Waals surface area contributed by atoms with E-state index in [9.17, 15) is 0 Å². The molecule has 0 unspecified atom stereocenters. The molecule has 0 aliphatic carbocycles. The molecule has 3 heterocycles. The third kappa shape index (κ3) is 2.43. The molecule has 0 aromatic carbocycles. The highest BCUT2D eigenvalue weighted by Gasteiger charge is 2.09. The molecule has 0 saturated heterocycles. The number of nitrogens with zero attached hydrogens (tertiary/aromatic N) is 4. The van der Waals surface area contributed by atoms with Crippen LogP contribution in [-0.4, -0.2) is 24.7 Å². The Morgan fingerprint density at radius 1 is 1.11 bits per heavy atom. The Morgan fingerprint density at radius 3 is 2.68 bits per heavy atom. The van der Waals surface area contributed by atoms with Gasteiger partial charge in [-0.15, -0.1) is 0 Å². The SMILES string of the molecule is S=c1[nH]nc(-c2ccccn2)n1Cc1ccncc1. The van der Waals surface area contributed by atoms with E-state index in [1.54, 1.807) is 18.6 Å². The maximum absolute atomic E-state index is 5.27. The molecule has 0 radical (unpaired) electrons. The quantitative estimate of drug-likeness (QED) is 0.742. The van der Waals surface area contributed by atoms with Gasteiger partial charge in [-0.1, -0.05) is 6.07 Å². The minimum atomic E-state index is 0.581. The lowest BCUT2D eigenvalue weighted by atomic mass is 10.2. The van der Waals surface area contributed by atoms with Crippen molar-refractivity contribution in [3.8, 4) is 11.5 Å². The molecular formula is C13H11N5S.